The summed E-state index contributed by atoms with van der Waals surface area (Å²) < 4.78 is 6.38. The van der Waals surface area contributed by atoms with Crippen LogP contribution in [0.25, 0.3) is 0 Å². The Bertz CT molecular complexity index is 790. The van der Waals surface area contributed by atoms with Gasteiger partial charge in [0.2, 0.25) is 12.3 Å². The fourth-order valence-corrected chi connectivity index (χ4v) is 2.51. The Kier molecular flexibility index (Phi) is 4.74. The zero-order valence-corrected chi connectivity index (χ0v) is 13.6. The molecule has 0 aliphatic rings. The molecule has 1 N–H and O–H groups in total. The molecular weight excluding hydrogens is 296 g/mol. The second-order valence-electron chi connectivity index (χ2n) is 5.36. The van der Waals surface area contributed by atoms with Crippen LogP contribution in [0.2, 0.25) is 0 Å². The standard InChI is InChI=1S/C17H18N2O4/c1-10-15(17(22)23-4)11(2)18-16(10)14(21)9-19-7-5-6-13(8-19)12(3)20/h5-8H,9H2,1-4H3/p+1. The number of esters is 1. The number of aromatic nitrogens is 2. The van der Waals surface area contributed by atoms with Crippen molar-refractivity contribution in [1.82, 2.24) is 4.98 Å². The van der Waals surface area contributed by atoms with E-state index in [0.29, 0.717) is 28.1 Å². The van der Waals surface area contributed by atoms with Gasteiger partial charge in [-0.1, -0.05) is 0 Å². The number of pyridine rings is 1. The van der Waals surface area contributed by atoms with Crippen LogP contribution in [-0.2, 0) is 11.3 Å². The second kappa shape index (κ2) is 6.56. The second-order valence-corrected chi connectivity index (χ2v) is 5.36. The number of nitrogens with one attached hydrogen (secondary N) is 1. The summed E-state index contributed by atoms with van der Waals surface area (Å²) in [6.45, 7) is 4.98. The number of H-pyrrole nitrogens is 1. The van der Waals surface area contributed by atoms with Crippen LogP contribution in [0.4, 0.5) is 0 Å². The third-order valence-corrected chi connectivity index (χ3v) is 3.70. The molecule has 2 heterocycles. The molecule has 2 aromatic rings. The average molecular weight is 315 g/mol. The molecule has 0 aromatic carbocycles. The van der Waals surface area contributed by atoms with Gasteiger partial charge in [0, 0.05) is 11.8 Å². The van der Waals surface area contributed by atoms with Crippen molar-refractivity contribution in [2.45, 2.75) is 27.3 Å². The van der Waals surface area contributed by atoms with E-state index in [1.54, 1.807) is 42.9 Å². The number of carbonyl (C=O) groups excluding carboxylic acids is 3. The number of aryl methyl sites for hydroxylation is 1. The van der Waals surface area contributed by atoms with Crippen LogP contribution in [-0.4, -0.2) is 29.6 Å². The van der Waals surface area contributed by atoms with Gasteiger partial charge in [-0.25, -0.2) is 4.79 Å². The highest BCUT2D eigenvalue weighted by Crippen LogP contribution is 2.19. The van der Waals surface area contributed by atoms with E-state index < -0.39 is 5.97 Å². The summed E-state index contributed by atoms with van der Waals surface area (Å²) in [6, 6.07) is 3.42. The minimum absolute atomic E-state index is 0.0633. The fourth-order valence-electron chi connectivity index (χ4n) is 2.51. The van der Waals surface area contributed by atoms with E-state index >= 15 is 0 Å². The SMILES string of the molecule is COC(=O)c1c(C)[nH]c(C(=O)C[n+]2cccc(C(C)=O)c2)c1C. The maximum Gasteiger partial charge on any atom is 0.339 e. The van der Waals surface area contributed by atoms with Crippen molar-refractivity contribution in [2.24, 2.45) is 0 Å². The third-order valence-electron chi connectivity index (χ3n) is 3.70. The first-order valence-electron chi connectivity index (χ1n) is 7.15. The molecule has 2 aromatic heterocycles. The largest absolute Gasteiger partial charge is 0.465 e. The molecular formula is C17H19N2O4+. The van der Waals surface area contributed by atoms with Gasteiger partial charge in [-0.15, -0.1) is 0 Å². The Hall–Kier alpha value is -2.76. The summed E-state index contributed by atoms with van der Waals surface area (Å²) >= 11 is 0. The Morgan fingerprint density at radius 2 is 1.96 bits per heavy atom. The van der Waals surface area contributed by atoms with E-state index in [4.69, 9.17) is 4.74 Å². The van der Waals surface area contributed by atoms with Crippen molar-refractivity contribution in [2.75, 3.05) is 7.11 Å². The van der Waals surface area contributed by atoms with E-state index in [0.717, 1.165) is 0 Å². The first-order valence-corrected chi connectivity index (χ1v) is 7.15. The zero-order chi connectivity index (χ0) is 17.1. The van der Waals surface area contributed by atoms with Gasteiger partial charge < -0.3 is 9.72 Å². The first kappa shape index (κ1) is 16.6. The predicted octanol–water partition coefficient (Wildman–Crippen LogP) is 1.79. The molecule has 0 atom stereocenters. The number of rotatable bonds is 5. The molecule has 0 unspecified atom stereocenters. The summed E-state index contributed by atoms with van der Waals surface area (Å²) in [5, 5.41) is 0. The van der Waals surface area contributed by atoms with E-state index in [9.17, 15) is 14.4 Å². The average Bonchev–Trinajstić information content (AvgIpc) is 2.81. The summed E-state index contributed by atoms with van der Waals surface area (Å²) in [5.74, 6) is -0.709. The molecule has 120 valence electrons. The van der Waals surface area contributed by atoms with Gasteiger partial charge in [-0.3, -0.25) is 9.59 Å². The lowest BCUT2D eigenvalue weighted by molar-refractivity contribution is -0.683. The topological polar surface area (TPSA) is 80.1 Å². The third kappa shape index (κ3) is 3.36. The maximum absolute atomic E-state index is 12.5. The highest BCUT2D eigenvalue weighted by molar-refractivity contribution is 6.01. The van der Waals surface area contributed by atoms with Crippen molar-refractivity contribution in [3.63, 3.8) is 0 Å². The molecule has 23 heavy (non-hydrogen) atoms. The molecule has 0 aliphatic carbocycles. The fraction of sp³-hybridized carbons (Fsp3) is 0.294. The number of ether oxygens (including phenoxy) is 1. The van der Waals surface area contributed by atoms with Gasteiger partial charge in [0.25, 0.3) is 0 Å². The number of methoxy groups -OCH3 is 1. The van der Waals surface area contributed by atoms with Crippen LogP contribution < -0.4 is 4.57 Å². The van der Waals surface area contributed by atoms with Gasteiger partial charge in [-0.05, 0) is 32.4 Å². The lowest BCUT2D eigenvalue weighted by Gasteiger charge is -2.00. The molecule has 0 fully saturated rings. The Balaban J connectivity index is 2.30. The maximum atomic E-state index is 12.5. The Morgan fingerprint density at radius 3 is 2.57 bits per heavy atom. The van der Waals surface area contributed by atoms with Gasteiger partial charge >= 0.3 is 5.97 Å². The molecule has 0 saturated carbocycles. The molecule has 2 rings (SSSR count). The quantitative estimate of drug-likeness (QED) is 0.518. The minimum Gasteiger partial charge on any atom is -0.465 e. The molecule has 0 amide bonds. The molecule has 0 spiro atoms. The summed E-state index contributed by atoms with van der Waals surface area (Å²) in [7, 11) is 1.30. The normalized spacial score (nSPS) is 10.4. The van der Waals surface area contributed by atoms with Crippen LogP contribution >= 0.6 is 0 Å². The van der Waals surface area contributed by atoms with E-state index in [2.05, 4.69) is 4.98 Å². The smallest absolute Gasteiger partial charge is 0.339 e. The molecule has 6 nitrogen and oxygen atoms in total. The van der Waals surface area contributed by atoms with Crippen LogP contribution in [0.3, 0.4) is 0 Å². The van der Waals surface area contributed by atoms with E-state index in [1.165, 1.54) is 14.0 Å². The predicted molar refractivity (Wildman–Crippen MR) is 82.6 cm³/mol. The molecule has 0 saturated heterocycles. The number of carbonyl (C=O) groups is 3. The number of hydrogen-bond acceptors (Lipinski definition) is 4. The number of aromatic amines is 1. The van der Waals surface area contributed by atoms with Gasteiger partial charge in [0.1, 0.15) is 0 Å². The monoisotopic (exact) mass is 315 g/mol. The van der Waals surface area contributed by atoms with E-state index in [1.807, 2.05) is 0 Å². The number of ketones is 2. The molecule has 0 bridgehead atoms. The number of nitrogens with zero attached hydrogens (tertiary/aromatic N) is 1. The van der Waals surface area contributed by atoms with Crippen molar-refractivity contribution in [1.29, 1.82) is 0 Å². The van der Waals surface area contributed by atoms with Crippen LogP contribution in [0.15, 0.2) is 24.5 Å². The lowest BCUT2D eigenvalue weighted by atomic mass is 10.1. The Morgan fingerprint density at radius 1 is 1.26 bits per heavy atom. The van der Waals surface area contributed by atoms with Gasteiger partial charge in [0.05, 0.1) is 23.9 Å². The zero-order valence-electron chi connectivity index (χ0n) is 13.6. The highest BCUT2D eigenvalue weighted by Gasteiger charge is 2.24. The Labute approximate surface area is 134 Å². The van der Waals surface area contributed by atoms with Crippen molar-refractivity contribution < 1.29 is 23.7 Å². The van der Waals surface area contributed by atoms with Crippen LogP contribution in [0, 0.1) is 13.8 Å². The summed E-state index contributed by atoms with van der Waals surface area (Å²) in [5.41, 5.74) is 2.47. The van der Waals surface area contributed by atoms with E-state index in [-0.39, 0.29) is 18.1 Å². The highest BCUT2D eigenvalue weighted by atomic mass is 16.5. The first-order chi connectivity index (χ1) is 10.8. The number of hydrogen-bond donors (Lipinski definition) is 1. The van der Waals surface area contributed by atoms with Gasteiger partial charge in [0.15, 0.2) is 18.2 Å². The van der Waals surface area contributed by atoms with Crippen LogP contribution in [0.1, 0.15) is 49.4 Å². The molecule has 6 heteroatoms. The van der Waals surface area contributed by atoms with Crippen molar-refractivity contribution in [3.8, 4) is 0 Å². The van der Waals surface area contributed by atoms with Crippen LogP contribution in [0.5, 0.6) is 0 Å². The molecule has 0 radical (unpaired) electrons. The lowest BCUT2D eigenvalue weighted by Crippen LogP contribution is -2.38. The minimum atomic E-state index is -0.471. The summed E-state index contributed by atoms with van der Waals surface area (Å²) in [4.78, 5) is 38.6. The molecule has 0 aliphatic heterocycles. The van der Waals surface area contributed by atoms with Gasteiger partial charge in [-0.2, -0.15) is 4.57 Å². The summed E-state index contributed by atoms with van der Waals surface area (Å²) in [6.07, 6.45) is 3.35. The van der Waals surface area contributed by atoms with Crippen molar-refractivity contribution in [3.05, 3.63) is 52.6 Å². The number of Topliss-reactive ketones (excluding diaryl/α,β-unsaturated/α-hetero) is 2. The van der Waals surface area contributed by atoms with Crippen molar-refractivity contribution >= 4 is 17.5 Å².